The van der Waals surface area contributed by atoms with Crippen molar-refractivity contribution < 1.29 is 19.1 Å². The molecule has 3 aromatic rings. The summed E-state index contributed by atoms with van der Waals surface area (Å²) in [6, 6.07) is 17.0. The number of fused-ring (bicyclic) bond motifs is 1. The van der Waals surface area contributed by atoms with Gasteiger partial charge >= 0.3 is 6.03 Å². The fraction of sp³-hybridized carbons (Fsp3) is 0.0455. The van der Waals surface area contributed by atoms with Gasteiger partial charge in [0.2, 0.25) is 0 Å². The molecule has 0 radical (unpaired) electrons. The smallest absolute Gasteiger partial charge is 0.335 e. The van der Waals surface area contributed by atoms with Gasteiger partial charge in [0.15, 0.2) is 0 Å². The van der Waals surface area contributed by atoms with Gasteiger partial charge in [-0.25, -0.2) is 9.69 Å². The Kier molecular flexibility index (Phi) is 4.90. The SMILES string of the molecule is COc1ccc(/C=C2\C(=O)NC(=O)N(c3cccc(Br)c3)C2=O)c2ccccc12. The van der Waals surface area contributed by atoms with E-state index in [1.807, 2.05) is 24.3 Å². The molecule has 29 heavy (non-hydrogen) atoms. The number of hydrogen-bond donors (Lipinski definition) is 1. The van der Waals surface area contributed by atoms with E-state index in [4.69, 9.17) is 4.74 Å². The summed E-state index contributed by atoms with van der Waals surface area (Å²) in [4.78, 5) is 38.8. The van der Waals surface area contributed by atoms with Crippen molar-refractivity contribution in [3.8, 4) is 5.75 Å². The number of ether oxygens (including phenoxy) is 1. The van der Waals surface area contributed by atoms with E-state index >= 15 is 0 Å². The number of nitrogens with one attached hydrogen (secondary N) is 1. The molecule has 0 unspecified atom stereocenters. The number of urea groups is 1. The number of barbiturate groups is 1. The molecule has 0 aromatic heterocycles. The van der Waals surface area contributed by atoms with Crippen LogP contribution in [-0.4, -0.2) is 25.0 Å². The number of anilines is 1. The fourth-order valence-corrected chi connectivity index (χ4v) is 3.65. The predicted octanol–water partition coefficient (Wildman–Crippen LogP) is 4.28. The number of nitrogens with zero attached hydrogens (tertiary/aromatic N) is 1. The molecule has 1 N–H and O–H groups in total. The van der Waals surface area contributed by atoms with E-state index in [2.05, 4.69) is 21.2 Å². The minimum atomic E-state index is -0.783. The van der Waals surface area contributed by atoms with Crippen LogP contribution < -0.4 is 15.0 Å². The Morgan fingerprint density at radius 2 is 1.72 bits per heavy atom. The Balaban J connectivity index is 1.83. The quantitative estimate of drug-likeness (QED) is 0.477. The number of benzene rings is 3. The van der Waals surface area contributed by atoms with E-state index in [1.165, 1.54) is 6.08 Å². The van der Waals surface area contributed by atoms with Gasteiger partial charge < -0.3 is 4.74 Å². The lowest BCUT2D eigenvalue weighted by molar-refractivity contribution is -0.122. The maximum absolute atomic E-state index is 13.1. The maximum atomic E-state index is 13.1. The zero-order chi connectivity index (χ0) is 20.5. The summed E-state index contributed by atoms with van der Waals surface area (Å²) in [6.45, 7) is 0. The van der Waals surface area contributed by atoms with Crippen LogP contribution in [0.1, 0.15) is 5.56 Å². The number of hydrogen-bond acceptors (Lipinski definition) is 4. The Labute approximate surface area is 174 Å². The van der Waals surface area contributed by atoms with Gasteiger partial charge in [-0.15, -0.1) is 0 Å². The first-order chi connectivity index (χ1) is 14.0. The van der Waals surface area contributed by atoms with E-state index in [9.17, 15) is 14.4 Å². The third kappa shape index (κ3) is 3.40. The number of imide groups is 2. The first-order valence-corrected chi connectivity index (χ1v) is 9.51. The molecule has 0 aliphatic carbocycles. The van der Waals surface area contributed by atoms with Crippen LogP contribution in [0.3, 0.4) is 0 Å². The van der Waals surface area contributed by atoms with Gasteiger partial charge in [-0.2, -0.15) is 0 Å². The Morgan fingerprint density at radius 3 is 2.45 bits per heavy atom. The Morgan fingerprint density at radius 1 is 0.966 bits per heavy atom. The second-order valence-corrected chi connectivity index (χ2v) is 7.26. The average Bonchev–Trinajstić information content (AvgIpc) is 2.71. The van der Waals surface area contributed by atoms with Crippen LogP contribution in [0, 0.1) is 0 Å². The Hall–Kier alpha value is -3.45. The van der Waals surface area contributed by atoms with Crippen molar-refractivity contribution >= 4 is 56.3 Å². The highest BCUT2D eigenvalue weighted by Gasteiger charge is 2.36. The van der Waals surface area contributed by atoms with Crippen molar-refractivity contribution in [3.63, 3.8) is 0 Å². The highest BCUT2D eigenvalue weighted by Crippen LogP contribution is 2.31. The van der Waals surface area contributed by atoms with Gasteiger partial charge in [0.1, 0.15) is 11.3 Å². The highest BCUT2D eigenvalue weighted by atomic mass is 79.9. The van der Waals surface area contributed by atoms with Crippen LogP contribution in [-0.2, 0) is 9.59 Å². The minimum Gasteiger partial charge on any atom is -0.496 e. The Bertz CT molecular complexity index is 1200. The summed E-state index contributed by atoms with van der Waals surface area (Å²) in [5.41, 5.74) is 0.906. The first-order valence-electron chi connectivity index (χ1n) is 8.72. The summed E-state index contributed by atoms with van der Waals surface area (Å²) >= 11 is 3.33. The molecule has 1 aliphatic rings. The van der Waals surface area contributed by atoms with E-state index < -0.39 is 17.8 Å². The van der Waals surface area contributed by atoms with Crippen molar-refractivity contribution in [2.24, 2.45) is 0 Å². The highest BCUT2D eigenvalue weighted by molar-refractivity contribution is 9.10. The number of amides is 4. The zero-order valence-electron chi connectivity index (χ0n) is 15.3. The molecule has 1 fully saturated rings. The van der Waals surface area contributed by atoms with Crippen molar-refractivity contribution in [2.45, 2.75) is 0 Å². The van der Waals surface area contributed by atoms with Crippen molar-refractivity contribution in [1.82, 2.24) is 5.32 Å². The molecule has 1 aliphatic heterocycles. The first kappa shape index (κ1) is 18.9. The van der Waals surface area contributed by atoms with Crippen molar-refractivity contribution in [3.05, 3.63) is 76.3 Å². The number of carbonyl (C=O) groups is 3. The zero-order valence-corrected chi connectivity index (χ0v) is 16.9. The predicted molar refractivity (Wildman–Crippen MR) is 114 cm³/mol. The largest absolute Gasteiger partial charge is 0.496 e. The second-order valence-electron chi connectivity index (χ2n) is 6.34. The summed E-state index contributed by atoms with van der Waals surface area (Å²) in [6.07, 6.45) is 1.50. The average molecular weight is 451 g/mol. The van der Waals surface area contributed by atoms with E-state index in [-0.39, 0.29) is 5.57 Å². The summed E-state index contributed by atoms with van der Waals surface area (Å²) in [5.74, 6) is -0.726. The van der Waals surface area contributed by atoms with Gasteiger partial charge in [-0.05, 0) is 41.3 Å². The number of rotatable bonds is 3. The lowest BCUT2D eigenvalue weighted by Gasteiger charge is -2.26. The molecule has 6 nitrogen and oxygen atoms in total. The van der Waals surface area contributed by atoms with Gasteiger partial charge in [-0.1, -0.05) is 52.3 Å². The van der Waals surface area contributed by atoms with E-state index in [0.717, 1.165) is 15.7 Å². The maximum Gasteiger partial charge on any atom is 0.335 e. The molecular formula is C22H15BrN2O4. The lowest BCUT2D eigenvalue weighted by Crippen LogP contribution is -2.54. The molecule has 0 saturated carbocycles. The van der Waals surface area contributed by atoms with Gasteiger partial charge in [0, 0.05) is 9.86 Å². The van der Waals surface area contributed by atoms with Crippen molar-refractivity contribution in [1.29, 1.82) is 0 Å². The van der Waals surface area contributed by atoms with Crippen LogP contribution in [0.4, 0.5) is 10.5 Å². The molecule has 4 rings (SSSR count). The summed E-state index contributed by atoms with van der Waals surface area (Å²) in [7, 11) is 1.58. The molecular weight excluding hydrogens is 436 g/mol. The van der Waals surface area contributed by atoms with E-state index in [1.54, 1.807) is 43.5 Å². The molecule has 7 heteroatoms. The molecule has 4 amide bonds. The fourth-order valence-electron chi connectivity index (χ4n) is 3.26. The van der Waals surface area contributed by atoms with Gasteiger partial charge in [0.25, 0.3) is 11.8 Å². The molecule has 1 heterocycles. The molecule has 1 saturated heterocycles. The monoisotopic (exact) mass is 450 g/mol. The minimum absolute atomic E-state index is 0.125. The topological polar surface area (TPSA) is 75.7 Å². The second kappa shape index (κ2) is 7.52. The number of methoxy groups -OCH3 is 1. The van der Waals surface area contributed by atoms with Crippen LogP contribution in [0.15, 0.2) is 70.7 Å². The third-order valence-electron chi connectivity index (χ3n) is 4.61. The van der Waals surface area contributed by atoms with Gasteiger partial charge in [-0.3, -0.25) is 14.9 Å². The van der Waals surface area contributed by atoms with Crippen LogP contribution >= 0.6 is 15.9 Å². The van der Waals surface area contributed by atoms with E-state index in [0.29, 0.717) is 21.5 Å². The van der Waals surface area contributed by atoms with Crippen LogP contribution in [0.25, 0.3) is 16.8 Å². The molecule has 0 atom stereocenters. The standard InChI is InChI=1S/C22H15BrN2O4/c1-29-19-10-9-13(16-7-2-3-8-17(16)19)11-18-20(26)24-22(28)25(21(18)27)15-6-4-5-14(23)12-15/h2-12H,1H3,(H,24,26,28)/b18-11+. The number of carbonyl (C=O) groups excluding carboxylic acids is 3. The molecule has 0 spiro atoms. The molecule has 3 aromatic carbocycles. The summed E-state index contributed by atoms with van der Waals surface area (Å²) in [5, 5.41) is 3.92. The van der Waals surface area contributed by atoms with Crippen LogP contribution in [0.5, 0.6) is 5.75 Å². The lowest BCUT2D eigenvalue weighted by atomic mass is 10.00. The summed E-state index contributed by atoms with van der Waals surface area (Å²) < 4.78 is 6.10. The van der Waals surface area contributed by atoms with Crippen molar-refractivity contribution in [2.75, 3.05) is 12.0 Å². The molecule has 144 valence electrons. The third-order valence-corrected chi connectivity index (χ3v) is 5.10. The number of halogens is 1. The van der Waals surface area contributed by atoms with Gasteiger partial charge in [0.05, 0.1) is 12.8 Å². The molecule has 0 bridgehead atoms. The van der Waals surface area contributed by atoms with Crippen LogP contribution in [0.2, 0.25) is 0 Å². The normalized spacial score (nSPS) is 15.7.